The van der Waals surface area contributed by atoms with Gasteiger partial charge >= 0.3 is 0 Å². The van der Waals surface area contributed by atoms with Gasteiger partial charge in [0.05, 0.1) is 12.2 Å². The number of rotatable bonds is 3. The maximum atomic E-state index is 14.3. The van der Waals surface area contributed by atoms with Crippen LogP contribution in [0.25, 0.3) is 0 Å². The van der Waals surface area contributed by atoms with E-state index in [-0.39, 0.29) is 22.4 Å². The zero-order chi connectivity index (χ0) is 24.3. The van der Waals surface area contributed by atoms with Crippen LogP contribution in [0.2, 0.25) is 0 Å². The molecule has 34 heavy (non-hydrogen) atoms. The fourth-order valence-electron chi connectivity index (χ4n) is 4.90. The third-order valence-corrected chi connectivity index (χ3v) is 8.08. The molecule has 1 atom stereocenters. The Morgan fingerprint density at radius 2 is 1.62 bits per heavy atom. The number of carbonyl (C=O) groups is 2. The van der Waals surface area contributed by atoms with Crippen molar-refractivity contribution >= 4 is 29.3 Å². The van der Waals surface area contributed by atoms with Crippen LogP contribution in [-0.4, -0.2) is 28.0 Å². The number of thioether (sulfide) groups is 1. The van der Waals surface area contributed by atoms with Gasteiger partial charge in [0.25, 0.3) is 11.8 Å². The highest BCUT2D eigenvalue weighted by Crippen LogP contribution is 2.60. The van der Waals surface area contributed by atoms with Crippen LogP contribution in [0.1, 0.15) is 46.5 Å². The van der Waals surface area contributed by atoms with E-state index >= 15 is 0 Å². The summed E-state index contributed by atoms with van der Waals surface area (Å²) >= 11 is 1.54. The minimum Gasteiger partial charge on any atom is -0.310 e. The Hall–Kier alpha value is -3.12. The van der Waals surface area contributed by atoms with Gasteiger partial charge in [-0.25, -0.2) is 4.39 Å². The van der Waals surface area contributed by atoms with Crippen molar-refractivity contribution in [3.05, 3.63) is 100 Å². The predicted molar refractivity (Wildman–Crippen MR) is 134 cm³/mol. The molecule has 0 aromatic heterocycles. The highest BCUT2D eigenvalue weighted by Gasteiger charge is 2.63. The van der Waals surface area contributed by atoms with Crippen LogP contribution in [0, 0.1) is 19.7 Å². The van der Waals surface area contributed by atoms with E-state index in [1.807, 2.05) is 56.3 Å². The van der Waals surface area contributed by atoms with Gasteiger partial charge in [-0.15, -0.1) is 11.8 Å². The number of carbonyl (C=O) groups excluding carboxylic acids is 2. The fourth-order valence-corrected chi connectivity index (χ4v) is 6.62. The smallest absolute Gasteiger partial charge is 0.268 e. The molecule has 0 saturated carbocycles. The van der Waals surface area contributed by atoms with Crippen LogP contribution < -0.4 is 4.90 Å². The van der Waals surface area contributed by atoms with E-state index in [1.165, 1.54) is 12.1 Å². The predicted octanol–water partition coefficient (Wildman–Crippen LogP) is 5.81. The lowest BCUT2D eigenvalue weighted by Crippen LogP contribution is -2.50. The van der Waals surface area contributed by atoms with Gasteiger partial charge in [-0.2, -0.15) is 0 Å². The Kier molecular flexibility index (Phi) is 5.32. The van der Waals surface area contributed by atoms with Crippen LogP contribution >= 0.6 is 11.8 Å². The van der Waals surface area contributed by atoms with E-state index in [9.17, 15) is 14.0 Å². The molecule has 0 bridgehead atoms. The largest absolute Gasteiger partial charge is 0.310 e. The average molecular weight is 475 g/mol. The highest BCUT2D eigenvalue weighted by atomic mass is 32.2. The van der Waals surface area contributed by atoms with Crippen molar-refractivity contribution in [2.24, 2.45) is 0 Å². The number of anilines is 1. The first-order valence-electron chi connectivity index (χ1n) is 11.4. The SMILES string of the molecule is Cc1ccc(C(=O)N2CC(C)(C)S[C@@]23C(=O)N(Cc2ccc(F)cc2)c2ccc(C)cc23)cc1. The van der Waals surface area contributed by atoms with E-state index in [1.54, 1.807) is 33.7 Å². The minimum atomic E-state index is -1.15. The zero-order valence-electron chi connectivity index (χ0n) is 19.8. The molecule has 0 unspecified atom stereocenters. The number of benzene rings is 3. The molecule has 5 rings (SSSR count). The third kappa shape index (κ3) is 3.61. The number of halogens is 1. The van der Waals surface area contributed by atoms with Crippen molar-refractivity contribution < 1.29 is 14.0 Å². The maximum absolute atomic E-state index is 14.3. The molecule has 2 aliphatic heterocycles. The van der Waals surface area contributed by atoms with Gasteiger partial charge in [0.2, 0.25) is 0 Å². The lowest BCUT2D eigenvalue weighted by Gasteiger charge is -2.33. The first kappa shape index (κ1) is 22.7. The lowest BCUT2D eigenvalue weighted by atomic mass is 10.0. The van der Waals surface area contributed by atoms with E-state index in [0.717, 1.165) is 27.9 Å². The van der Waals surface area contributed by atoms with Gasteiger partial charge in [0, 0.05) is 22.4 Å². The molecule has 0 radical (unpaired) electrons. The first-order chi connectivity index (χ1) is 16.1. The van der Waals surface area contributed by atoms with Crippen LogP contribution in [0.4, 0.5) is 10.1 Å². The van der Waals surface area contributed by atoms with Gasteiger partial charge in [0.1, 0.15) is 5.82 Å². The van der Waals surface area contributed by atoms with E-state index in [0.29, 0.717) is 18.7 Å². The number of nitrogens with zero attached hydrogens (tertiary/aromatic N) is 2. The standard InChI is InChI=1S/C28H27FN2O2S/c1-18-5-10-21(11-6-18)25(32)31-17-27(3,4)34-28(31)23-15-19(2)7-14-24(23)30(26(28)33)16-20-8-12-22(29)13-9-20/h5-15H,16-17H2,1-4H3/t28-/m0/s1. The molecule has 174 valence electrons. The summed E-state index contributed by atoms with van der Waals surface area (Å²) in [4.78, 5) is 30.5. The summed E-state index contributed by atoms with van der Waals surface area (Å²) in [5.41, 5.74) is 5.15. The lowest BCUT2D eigenvalue weighted by molar-refractivity contribution is -0.123. The minimum absolute atomic E-state index is 0.131. The summed E-state index contributed by atoms with van der Waals surface area (Å²) in [6.07, 6.45) is 0. The van der Waals surface area contributed by atoms with Gasteiger partial charge in [-0.3, -0.25) is 9.59 Å². The molecule has 0 N–H and O–H groups in total. The molecule has 6 heteroatoms. The number of amides is 2. The number of hydrogen-bond donors (Lipinski definition) is 0. The molecular weight excluding hydrogens is 447 g/mol. The van der Waals surface area contributed by atoms with Gasteiger partial charge in [0.15, 0.2) is 4.87 Å². The Morgan fingerprint density at radius 1 is 0.971 bits per heavy atom. The number of hydrogen-bond acceptors (Lipinski definition) is 3. The Balaban J connectivity index is 1.64. The van der Waals surface area contributed by atoms with Crippen molar-refractivity contribution in [3.63, 3.8) is 0 Å². The highest BCUT2D eigenvalue weighted by molar-refractivity contribution is 8.02. The fraction of sp³-hybridized carbons (Fsp3) is 0.286. The maximum Gasteiger partial charge on any atom is 0.268 e. The monoisotopic (exact) mass is 474 g/mol. The van der Waals surface area contributed by atoms with E-state index in [4.69, 9.17) is 0 Å². The summed E-state index contributed by atoms with van der Waals surface area (Å²) in [6, 6.07) is 19.7. The molecule has 2 amide bonds. The van der Waals surface area contributed by atoms with Crippen molar-refractivity contribution in [2.75, 3.05) is 11.4 Å². The van der Waals surface area contributed by atoms with Crippen molar-refractivity contribution in [1.82, 2.24) is 4.90 Å². The summed E-state index contributed by atoms with van der Waals surface area (Å²) in [6.45, 7) is 8.90. The Morgan fingerprint density at radius 3 is 2.29 bits per heavy atom. The summed E-state index contributed by atoms with van der Waals surface area (Å²) < 4.78 is 13.2. The van der Waals surface area contributed by atoms with E-state index < -0.39 is 4.87 Å². The zero-order valence-corrected chi connectivity index (χ0v) is 20.6. The van der Waals surface area contributed by atoms with Crippen LogP contribution in [0.3, 0.4) is 0 Å². The molecule has 3 aromatic rings. The van der Waals surface area contributed by atoms with Gasteiger partial charge in [-0.05, 0) is 63.6 Å². The van der Waals surface area contributed by atoms with Crippen molar-refractivity contribution in [3.8, 4) is 0 Å². The summed E-state index contributed by atoms with van der Waals surface area (Å²) in [7, 11) is 0. The summed E-state index contributed by atoms with van der Waals surface area (Å²) in [5, 5.41) is 0. The van der Waals surface area contributed by atoms with Crippen molar-refractivity contribution in [2.45, 2.75) is 43.9 Å². The molecule has 1 fully saturated rings. The normalized spacial score (nSPS) is 20.8. The molecule has 3 aromatic carbocycles. The second kappa shape index (κ2) is 7.98. The second-order valence-corrected chi connectivity index (χ2v) is 11.7. The average Bonchev–Trinajstić information content (AvgIpc) is 3.21. The van der Waals surface area contributed by atoms with E-state index in [2.05, 4.69) is 13.8 Å². The number of aryl methyl sites for hydroxylation is 2. The Bertz CT molecular complexity index is 1290. The second-order valence-electron chi connectivity index (χ2n) is 9.80. The molecule has 4 nitrogen and oxygen atoms in total. The van der Waals surface area contributed by atoms with Crippen LogP contribution in [0.15, 0.2) is 66.7 Å². The molecule has 1 saturated heterocycles. The van der Waals surface area contributed by atoms with Crippen LogP contribution in [-0.2, 0) is 16.2 Å². The Labute approximate surface area is 203 Å². The molecular formula is C28H27FN2O2S. The quantitative estimate of drug-likeness (QED) is 0.481. The number of fused-ring (bicyclic) bond motifs is 2. The molecule has 1 spiro atoms. The molecule has 0 aliphatic carbocycles. The van der Waals surface area contributed by atoms with Crippen molar-refractivity contribution in [1.29, 1.82) is 0 Å². The molecule has 2 heterocycles. The molecule has 2 aliphatic rings. The first-order valence-corrected chi connectivity index (χ1v) is 12.2. The van der Waals surface area contributed by atoms with Gasteiger partial charge < -0.3 is 9.80 Å². The van der Waals surface area contributed by atoms with Gasteiger partial charge in [-0.1, -0.05) is 47.5 Å². The van der Waals surface area contributed by atoms with Crippen LogP contribution in [0.5, 0.6) is 0 Å². The summed E-state index contributed by atoms with van der Waals surface area (Å²) in [5.74, 6) is -0.595. The third-order valence-electron chi connectivity index (χ3n) is 6.48. The topological polar surface area (TPSA) is 40.6 Å².